The van der Waals surface area contributed by atoms with E-state index in [1.807, 2.05) is 30.5 Å². The minimum absolute atomic E-state index is 0.183. The van der Waals surface area contributed by atoms with Gasteiger partial charge in [-0.2, -0.15) is 0 Å². The second kappa shape index (κ2) is 7.24. The highest BCUT2D eigenvalue weighted by molar-refractivity contribution is 7.15. The van der Waals surface area contributed by atoms with Crippen molar-refractivity contribution in [2.24, 2.45) is 0 Å². The molecule has 0 saturated heterocycles. The topological polar surface area (TPSA) is 37.8 Å². The first-order valence-corrected chi connectivity index (χ1v) is 7.94. The molecule has 0 saturated carbocycles. The molecule has 0 aliphatic rings. The molecule has 3 nitrogen and oxygen atoms in total. The van der Waals surface area contributed by atoms with Gasteiger partial charge >= 0.3 is 0 Å². The van der Waals surface area contributed by atoms with Crippen molar-refractivity contribution in [3.05, 3.63) is 71.2 Å². The van der Waals surface area contributed by atoms with E-state index in [2.05, 4.69) is 15.3 Å². The molecule has 2 aromatic heterocycles. The van der Waals surface area contributed by atoms with E-state index in [9.17, 15) is 4.39 Å². The van der Waals surface area contributed by atoms with Crippen LogP contribution < -0.4 is 5.32 Å². The summed E-state index contributed by atoms with van der Waals surface area (Å²) in [4.78, 5) is 9.80. The van der Waals surface area contributed by atoms with Gasteiger partial charge in [-0.25, -0.2) is 9.37 Å². The largest absolute Gasteiger partial charge is 0.310 e. The molecule has 0 fully saturated rings. The van der Waals surface area contributed by atoms with E-state index in [0.717, 1.165) is 34.1 Å². The average Bonchev–Trinajstić information content (AvgIpc) is 3.01. The van der Waals surface area contributed by atoms with Crippen molar-refractivity contribution < 1.29 is 4.39 Å². The van der Waals surface area contributed by atoms with E-state index in [0.29, 0.717) is 6.54 Å². The van der Waals surface area contributed by atoms with Crippen LogP contribution in [0.3, 0.4) is 0 Å². The lowest BCUT2D eigenvalue weighted by Crippen LogP contribution is -2.16. The molecule has 0 amide bonds. The maximum absolute atomic E-state index is 13.1. The number of hydrogen-bond acceptors (Lipinski definition) is 4. The summed E-state index contributed by atoms with van der Waals surface area (Å²) in [7, 11) is 0. The SMILES string of the molecule is Fc1cccc(CCNCc2ncc(-c3ccccn3)s2)c1. The van der Waals surface area contributed by atoms with Crippen molar-refractivity contribution in [2.45, 2.75) is 13.0 Å². The van der Waals surface area contributed by atoms with Crippen LogP contribution in [-0.4, -0.2) is 16.5 Å². The van der Waals surface area contributed by atoms with Gasteiger partial charge in [0.1, 0.15) is 10.8 Å². The number of pyridine rings is 1. The first-order chi connectivity index (χ1) is 10.8. The molecule has 3 rings (SSSR count). The second-order valence-electron chi connectivity index (χ2n) is 4.89. The first kappa shape index (κ1) is 14.8. The van der Waals surface area contributed by atoms with Gasteiger partial charge in [0, 0.05) is 18.9 Å². The molecule has 3 aromatic rings. The third-order valence-corrected chi connectivity index (χ3v) is 4.25. The summed E-state index contributed by atoms with van der Waals surface area (Å²) in [5, 5.41) is 4.37. The van der Waals surface area contributed by atoms with Crippen LogP contribution in [0.4, 0.5) is 4.39 Å². The zero-order valence-corrected chi connectivity index (χ0v) is 12.8. The standard InChI is InChI=1S/C17H16FN3S/c18-14-5-3-4-13(10-14)7-9-19-12-17-21-11-16(22-17)15-6-1-2-8-20-15/h1-6,8,10-11,19H,7,9,12H2. The summed E-state index contributed by atoms with van der Waals surface area (Å²) in [5.74, 6) is -0.183. The molecule has 0 aliphatic heterocycles. The molecule has 22 heavy (non-hydrogen) atoms. The maximum atomic E-state index is 13.1. The lowest BCUT2D eigenvalue weighted by molar-refractivity contribution is 0.622. The summed E-state index contributed by atoms with van der Waals surface area (Å²) in [6.07, 6.45) is 4.44. The van der Waals surface area contributed by atoms with E-state index in [1.54, 1.807) is 29.7 Å². The third kappa shape index (κ3) is 3.96. The molecule has 0 unspecified atom stereocenters. The summed E-state index contributed by atoms with van der Waals surface area (Å²) < 4.78 is 13.1. The van der Waals surface area contributed by atoms with Crippen LogP contribution in [0.2, 0.25) is 0 Å². The first-order valence-electron chi connectivity index (χ1n) is 7.12. The van der Waals surface area contributed by atoms with Crippen molar-refractivity contribution in [1.29, 1.82) is 0 Å². The number of hydrogen-bond donors (Lipinski definition) is 1. The van der Waals surface area contributed by atoms with Gasteiger partial charge in [-0.15, -0.1) is 11.3 Å². The van der Waals surface area contributed by atoms with Crippen LogP contribution in [0.5, 0.6) is 0 Å². The van der Waals surface area contributed by atoms with Crippen molar-refractivity contribution in [2.75, 3.05) is 6.54 Å². The monoisotopic (exact) mass is 313 g/mol. The molecule has 0 aliphatic carbocycles. The molecule has 1 N–H and O–H groups in total. The van der Waals surface area contributed by atoms with Crippen LogP contribution in [0, 0.1) is 5.82 Å². The molecule has 5 heteroatoms. The minimum atomic E-state index is -0.183. The summed E-state index contributed by atoms with van der Waals surface area (Å²) >= 11 is 1.64. The Labute approximate surface area is 132 Å². The van der Waals surface area contributed by atoms with Crippen molar-refractivity contribution in [3.8, 4) is 10.6 Å². The van der Waals surface area contributed by atoms with Gasteiger partial charge in [-0.1, -0.05) is 18.2 Å². The Hall–Kier alpha value is -2.11. The van der Waals surface area contributed by atoms with Crippen molar-refractivity contribution in [3.63, 3.8) is 0 Å². The van der Waals surface area contributed by atoms with E-state index in [-0.39, 0.29) is 5.82 Å². The molecular weight excluding hydrogens is 297 g/mol. The van der Waals surface area contributed by atoms with E-state index < -0.39 is 0 Å². The van der Waals surface area contributed by atoms with Crippen LogP contribution >= 0.6 is 11.3 Å². The predicted molar refractivity (Wildman–Crippen MR) is 87.2 cm³/mol. The Balaban J connectivity index is 1.49. The Morgan fingerprint density at radius 3 is 2.86 bits per heavy atom. The highest BCUT2D eigenvalue weighted by atomic mass is 32.1. The van der Waals surface area contributed by atoms with Gasteiger partial charge in [0.15, 0.2) is 0 Å². The fraction of sp³-hybridized carbons (Fsp3) is 0.176. The lowest BCUT2D eigenvalue weighted by atomic mass is 10.1. The highest BCUT2D eigenvalue weighted by Gasteiger charge is 2.04. The van der Waals surface area contributed by atoms with E-state index in [4.69, 9.17) is 0 Å². The number of nitrogens with zero attached hydrogens (tertiary/aromatic N) is 2. The maximum Gasteiger partial charge on any atom is 0.123 e. The van der Waals surface area contributed by atoms with Crippen molar-refractivity contribution >= 4 is 11.3 Å². The second-order valence-corrected chi connectivity index (χ2v) is 6.01. The third-order valence-electron chi connectivity index (χ3n) is 3.23. The van der Waals surface area contributed by atoms with E-state index in [1.165, 1.54) is 6.07 Å². The van der Waals surface area contributed by atoms with Crippen LogP contribution in [0.15, 0.2) is 54.9 Å². The normalized spacial score (nSPS) is 10.8. The van der Waals surface area contributed by atoms with Gasteiger partial charge in [-0.05, 0) is 42.8 Å². The smallest absolute Gasteiger partial charge is 0.123 e. The molecular formula is C17H16FN3S. The average molecular weight is 313 g/mol. The summed E-state index contributed by atoms with van der Waals surface area (Å²) in [6, 6.07) is 12.6. The van der Waals surface area contributed by atoms with Gasteiger partial charge in [0.2, 0.25) is 0 Å². The van der Waals surface area contributed by atoms with Crippen LogP contribution in [0.25, 0.3) is 10.6 Å². The Kier molecular flexibility index (Phi) is 4.88. The fourth-order valence-electron chi connectivity index (χ4n) is 2.14. The van der Waals surface area contributed by atoms with Crippen LogP contribution in [0.1, 0.15) is 10.6 Å². The summed E-state index contributed by atoms with van der Waals surface area (Å²) in [5.41, 5.74) is 1.95. The number of benzene rings is 1. The molecule has 0 spiro atoms. The number of nitrogens with one attached hydrogen (secondary N) is 1. The highest BCUT2D eigenvalue weighted by Crippen LogP contribution is 2.23. The molecule has 112 valence electrons. The Morgan fingerprint density at radius 1 is 1.09 bits per heavy atom. The number of rotatable bonds is 6. The Morgan fingerprint density at radius 2 is 2.05 bits per heavy atom. The molecule has 2 heterocycles. The zero-order chi connectivity index (χ0) is 15.2. The van der Waals surface area contributed by atoms with Gasteiger partial charge in [0.05, 0.1) is 10.6 Å². The molecule has 0 radical (unpaired) electrons. The fourth-order valence-corrected chi connectivity index (χ4v) is 3.00. The van der Waals surface area contributed by atoms with Gasteiger partial charge in [-0.3, -0.25) is 4.98 Å². The lowest BCUT2D eigenvalue weighted by Gasteiger charge is -2.03. The van der Waals surface area contributed by atoms with E-state index >= 15 is 0 Å². The molecule has 0 bridgehead atoms. The number of halogens is 1. The Bertz CT molecular complexity index is 728. The van der Waals surface area contributed by atoms with Crippen LogP contribution in [-0.2, 0) is 13.0 Å². The van der Waals surface area contributed by atoms with Gasteiger partial charge in [0.25, 0.3) is 0 Å². The molecule has 0 atom stereocenters. The molecule has 1 aromatic carbocycles. The zero-order valence-electron chi connectivity index (χ0n) is 12.0. The summed E-state index contributed by atoms with van der Waals surface area (Å²) in [6.45, 7) is 1.51. The quantitative estimate of drug-likeness (QED) is 0.706. The van der Waals surface area contributed by atoms with Crippen molar-refractivity contribution in [1.82, 2.24) is 15.3 Å². The number of aromatic nitrogens is 2. The minimum Gasteiger partial charge on any atom is -0.310 e. The van der Waals surface area contributed by atoms with Gasteiger partial charge < -0.3 is 5.32 Å². The number of thiazole rings is 1. The predicted octanol–water partition coefficient (Wildman–Crippen LogP) is 3.68.